The second-order valence-corrected chi connectivity index (χ2v) is 5.78. The highest BCUT2D eigenvalue weighted by Crippen LogP contribution is 2.30. The van der Waals surface area contributed by atoms with Crippen LogP contribution in [0.15, 0.2) is 47.8 Å². The van der Waals surface area contributed by atoms with Crippen molar-refractivity contribution in [3.8, 4) is 17.2 Å². The molecule has 0 bridgehead atoms. The van der Waals surface area contributed by atoms with Crippen molar-refractivity contribution in [1.82, 2.24) is 15.0 Å². The Morgan fingerprint density at radius 2 is 2.00 bits per heavy atom. The van der Waals surface area contributed by atoms with Crippen molar-refractivity contribution in [1.29, 1.82) is 0 Å². The van der Waals surface area contributed by atoms with Crippen molar-refractivity contribution in [3.05, 3.63) is 48.3 Å². The van der Waals surface area contributed by atoms with E-state index in [1.807, 2.05) is 18.2 Å². The van der Waals surface area contributed by atoms with Gasteiger partial charge in [-0.1, -0.05) is 0 Å². The minimum absolute atomic E-state index is 0.0513. The van der Waals surface area contributed by atoms with Crippen molar-refractivity contribution in [2.75, 3.05) is 19.6 Å². The Hall–Kier alpha value is -3.81. The summed E-state index contributed by atoms with van der Waals surface area (Å²) in [4.78, 5) is 11.9. The monoisotopic (exact) mass is 363 g/mol. The van der Waals surface area contributed by atoms with E-state index in [-0.39, 0.29) is 5.75 Å². The highest BCUT2D eigenvalue weighted by molar-refractivity contribution is 6.08. The van der Waals surface area contributed by atoms with Gasteiger partial charge in [0.1, 0.15) is 23.1 Å². The van der Waals surface area contributed by atoms with Gasteiger partial charge in [0.25, 0.3) is 0 Å². The average molecular weight is 363 g/mol. The zero-order chi connectivity index (χ0) is 18.8. The summed E-state index contributed by atoms with van der Waals surface area (Å²) >= 11 is 0. The van der Waals surface area contributed by atoms with E-state index in [4.69, 9.17) is 9.47 Å². The molecular weight excluding hydrogens is 346 g/mol. The van der Waals surface area contributed by atoms with Gasteiger partial charge in [-0.05, 0) is 42.0 Å². The Morgan fingerprint density at radius 1 is 1.11 bits per heavy atom. The van der Waals surface area contributed by atoms with Crippen LogP contribution in [0.3, 0.4) is 0 Å². The Kier molecular flexibility index (Phi) is 4.21. The molecule has 0 aliphatic rings. The Morgan fingerprint density at radius 3 is 2.78 bits per heavy atom. The molecular formula is C19H17N5O3. The molecule has 0 unspecified atom stereocenters. The van der Waals surface area contributed by atoms with Gasteiger partial charge in [0, 0.05) is 10.9 Å². The van der Waals surface area contributed by atoms with E-state index >= 15 is 0 Å². The molecule has 8 nitrogen and oxygen atoms in total. The topological polar surface area (TPSA) is 105 Å². The van der Waals surface area contributed by atoms with Crippen LogP contribution < -0.4 is 14.9 Å². The van der Waals surface area contributed by atoms with E-state index in [0.717, 1.165) is 27.7 Å². The molecule has 0 aliphatic carbocycles. The average Bonchev–Trinajstić information content (AvgIpc) is 3.07. The minimum Gasteiger partial charge on any atom is -0.504 e. The molecule has 27 heavy (non-hydrogen) atoms. The van der Waals surface area contributed by atoms with Crippen LogP contribution in [0.5, 0.6) is 17.2 Å². The first-order chi connectivity index (χ1) is 13.2. The molecule has 4 aromatic rings. The van der Waals surface area contributed by atoms with Crippen LogP contribution in [0.4, 0.5) is 5.82 Å². The molecule has 2 aromatic heterocycles. The van der Waals surface area contributed by atoms with Crippen LogP contribution >= 0.6 is 0 Å². The van der Waals surface area contributed by atoms with Crippen LogP contribution in [0, 0.1) is 0 Å². The molecule has 0 aliphatic heterocycles. The summed E-state index contributed by atoms with van der Waals surface area (Å²) in [6.07, 6.45) is 3.06. The summed E-state index contributed by atoms with van der Waals surface area (Å²) in [6, 6.07) is 10.8. The second kappa shape index (κ2) is 6.83. The molecule has 0 spiro atoms. The summed E-state index contributed by atoms with van der Waals surface area (Å²) < 4.78 is 10.3. The van der Waals surface area contributed by atoms with Gasteiger partial charge in [-0.3, -0.25) is 5.43 Å². The summed E-state index contributed by atoms with van der Waals surface area (Å²) in [6.45, 7) is 0. The van der Waals surface area contributed by atoms with E-state index in [1.54, 1.807) is 31.5 Å². The van der Waals surface area contributed by atoms with Crippen LogP contribution in [0.2, 0.25) is 0 Å². The van der Waals surface area contributed by atoms with Gasteiger partial charge in [-0.2, -0.15) is 5.10 Å². The number of rotatable bonds is 5. The predicted octanol–water partition coefficient (Wildman–Crippen LogP) is 3.28. The number of aromatic nitrogens is 3. The number of aromatic amines is 1. The molecule has 0 radical (unpaired) electrons. The number of aromatic hydroxyl groups is 1. The molecule has 0 saturated heterocycles. The molecule has 3 N–H and O–H groups in total. The molecule has 0 amide bonds. The zero-order valence-electron chi connectivity index (χ0n) is 14.7. The molecule has 8 heteroatoms. The van der Waals surface area contributed by atoms with Gasteiger partial charge in [0.05, 0.1) is 20.4 Å². The van der Waals surface area contributed by atoms with Crippen molar-refractivity contribution in [2.24, 2.45) is 5.10 Å². The number of anilines is 1. The Labute approximate surface area is 154 Å². The zero-order valence-corrected chi connectivity index (χ0v) is 14.7. The second-order valence-electron chi connectivity index (χ2n) is 5.78. The standard InChI is InChI=1S/C19H17N5O3/c1-26-12-4-5-14-13(8-12)17-18(23-14)19(21-10-20-17)24-22-9-11-3-6-16(27-2)15(25)7-11/h3-10,23,25H,1-2H3,(H,20,21,24). The molecule has 4 rings (SSSR count). The number of benzene rings is 2. The third-order valence-corrected chi connectivity index (χ3v) is 4.18. The van der Waals surface area contributed by atoms with Gasteiger partial charge in [-0.25, -0.2) is 9.97 Å². The van der Waals surface area contributed by atoms with Crippen LogP contribution in [-0.4, -0.2) is 40.5 Å². The van der Waals surface area contributed by atoms with E-state index in [9.17, 15) is 5.11 Å². The highest BCUT2D eigenvalue weighted by atomic mass is 16.5. The number of H-pyrrole nitrogens is 1. The largest absolute Gasteiger partial charge is 0.504 e. The van der Waals surface area contributed by atoms with E-state index in [0.29, 0.717) is 17.1 Å². The van der Waals surface area contributed by atoms with E-state index < -0.39 is 0 Å². The number of fused-ring (bicyclic) bond motifs is 3. The lowest BCUT2D eigenvalue weighted by atomic mass is 10.2. The molecule has 0 saturated carbocycles. The summed E-state index contributed by atoms with van der Waals surface area (Å²) in [5, 5.41) is 15.0. The number of phenolic OH excluding ortho intramolecular Hbond substituents is 1. The molecule has 136 valence electrons. The molecule has 2 heterocycles. The number of methoxy groups -OCH3 is 2. The Balaban J connectivity index is 1.65. The van der Waals surface area contributed by atoms with E-state index in [2.05, 4.69) is 25.5 Å². The fraction of sp³-hybridized carbons (Fsp3) is 0.105. The lowest BCUT2D eigenvalue weighted by Gasteiger charge is -2.03. The fourth-order valence-electron chi connectivity index (χ4n) is 2.84. The molecule has 0 fully saturated rings. The SMILES string of the molecule is COc1ccc2[nH]c3c(NN=Cc4ccc(OC)c(O)c4)ncnc3c2c1. The van der Waals surface area contributed by atoms with Gasteiger partial charge < -0.3 is 19.6 Å². The van der Waals surface area contributed by atoms with Gasteiger partial charge in [0.2, 0.25) is 0 Å². The number of nitrogens with one attached hydrogen (secondary N) is 2. The van der Waals surface area contributed by atoms with Crippen molar-refractivity contribution in [2.45, 2.75) is 0 Å². The normalized spacial score (nSPS) is 11.3. The maximum Gasteiger partial charge on any atom is 0.174 e. The third kappa shape index (κ3) is 3.08. The third-order valence-electron chi connectivity index (χ3n) is 4.18. The van der Waals surface area contributed by atoms with Crippen LogP contribution in [0.1, 0.15) is 5.56 Å². The number of nitrogens with zero attached hydrogens (tertiary/aromatic N) is 3. The summed E-state index contributed by atoms with van der Waals surface area (Å²) in [5.74, 6) is 1.76. The van der Waals surface area contributed by atoms with Gasteiger partial charge in [0.15, 0.2) is 17.3 Å². The molecule has 2 aromatic carbocycles. The lowest BCUT2D eigenvalue weighted by Crippen LogP contribution is -1.95. The van der Waals surface area contributed by atoms with Crippen molar-refractivity contribution < 1.29 is 14.6 Å². The first-order valence-corrected chi connectivity index (χ1v) is 8.16. The number of hydrogen-bond acceptors (Lipinski definition) is 7. The van der Waals surface area contributed by atoms with Crippen LogP contribution in [-0.2, 0) is 0 Å². The maximum absolute atomic E-state index is 9.83. The molecule has 0 atom stereocenters. The number of phenols is 1. The van der Waals surface area contributed by atoms with Crippen molar-refractivity contribution >= 4 is 34.0 Å². The maximum atomic E-state index is 9.83. The van der Waals surface area contributed by atoms with Crippen molar-refractivity contribution in [3.63, 3.8) is 0 Å². The summed E-state index contributed by atoms with van der Waals surface area (Å²) in [7, 11) is 3.13. The van der Waals surface area contributed by atoms with Gasteiger partial charge >= 0.3 is 0 Å². The summed E-state index contributed by atoms with van der Waals surface area (Å²) in [5.41, 5.74) is 6.08. The Bertz CT molecular complexity index is 1150. The van der Waals surface area contributed by atoms with Crippen LogP contribution in [0.25, 0.3) is 21.9 Å². The lowest BCUT2D eigenvalue weighted by molar-refractivity contribution is 0.373. The number of ether oxygens (including phenoxy) is 2. The highest BCUT2D eigenvalue weighted by Gasteiger charge is 2.11. The fourth-order valence-corrected chi connectivity index (χ4v) is 2.84. The predicted molar refractivity (Wildman–Crippen MR) is 104 cm³/mol. The first-order valence-electron chi connectivity index (χ1n) is 8.16. The van der Waals surface area contributed by atoms with E-state index in [1.165, 1.54) is 13.4 Å². The van der Waals surface area contributed by atoms with Gasteiger partial charge in [-0.15, -0.1) is 0 Å². The minimum atomic E-state index is 0.0513. The first kappa shape index (κ1) is 16.6. The quantitative estimate of drug-likeness (QED) is 0.371. The number of hydrogen-bond donors (Lipinski definition) is 3. The number of hydrazone groups is 1. The smallest absolute Gasteiger partial charge is 0.174 e.